The van der Waals surface area contributed by atoms with E-state index < -0.39 is 0 Å². The van der Waals surface area contributed by atoms with Gasteiger partial charge in [-0.15, -0.1) is 11.8 Å². The smallest absolute Gasteiger partial charge is 0.0332 e. The lowest BCUT2D eigenvalue weighted by Crippen LogP contribution is -2.20. The fraction of sp³-hybridized carbons (Fsp3) is 0.368. The highest BCUT2D eigenvalue weighted by Gasteiger charge is 2.26. The molecule has 1 aliphatic rings. The Kier molecular flexibility index (Phi) is 3.64. The lowest BCUT2D eigenvalue weighted by atomic mass is 9.90. The van der Waals surface area contributed by atoms with Gasteiger partial charge in [-0.2, -0.15) is 0 Å². The summed E-state index contributed by atoms with van der Waals surface area (Å²) in [6.07, 6.45) is 2.44. The third-order valence-corrected chi connectivity index (χ3v) is 5.73. The van der Waals surface area contributed by atoms with Gasteiger partial charge in [0.25, 0.3) is 0 Å². The first kappa shape index (κ1) is 13.8. The molecule has 104 valence electrons. The van der Waals surface area contributed by atoms with E-state index in [1.54, 1.807) is 5.57 Å². The minimum Gasteiger partial charge on any atom is -0.117 e. The van der Waals surface area contributed by atoms with E-state index >= 15 is 0 Å². The van der Waals surface area contributed by atoms with Crippen molar-refractivity contribution in [1.82, 2.24) is 0 Å². The molecular formula is C19H22S. The summed E-state index contributed by atoms with van der Waals surface area (Å²) in [6, 6.07) is 13.4. The van der Waals surface area contributed by atoms with Gasteiger partial charge in [0.2, 0.25) is 0 Å². The second kappa shape index (κ2) is 5.29. The molecule has 0 saturated carbocycles. The quantitative estimate of drug-likeness (QED) is 0.650. The highest BCUT2D eigenvalue weighted by atomic mass is 32.2. The molecule has 0 nitrogen and oxygen atoms in total. The van der Waals surface area contributed by atoms with Crippen LogP contribution in [-0.2, 0) is 0 Å². The van der Waals surface area contributed by atoms with Crippen LogP contribution in [0.25, 0.3) is 16.8 Å². The van der Waals surface area contributed by atoms with Gasteiger partial charge in [0, 0.05) is 10.1 Å². The molecule has 0 fully saturated rings. The summed E-state index contributed by atoms with van der Waals surface area (Å²) in [5.41, 5.74) is 2.99. The molecule has 0 bridgehead atoms. The third kappa shape index (κ3) is 2.40. The van der Waals surface area contributed by atoms with E-state index in [1.807, 2.05) is 11.8 Å². The van der Waals surface area contributed by atoms with Crippen LogP contribution < -0.4 is 0 Å². The highest BCUT2D eigenvalue weighted by Crippen LogP contribution is 2.44. The Morgan fingerprint density at radius 1 is 0.950 bits per heavy atom. The lowest BCUT2D eigenvalue weighted by Gasteiger charge is -2.31. The topological polar surface area (TPSA) is 0 Å². The summed E-state index contributed by atoms with van der Waals surface area (Å²) in [5, 5.41) is 3.31. The van der Waals surface area contributed by atoms with Crippen molar-refractivity contribution in [2.45, 2.75) is 37.8 Å². The average Bonchev–Trinajstić information content (AvgIpc) is 2.43. The van der Waals surface area contributed by atoms with Crippen LogP contribution in [0.1, 0.15) is 33.3 Å². The van der Waals surface area contributed by atoms with E-state index in [4.69, 9.17) is 0 Å². The second-order valence-electron chi connectivity index (χ2n) is 6.32. The van der Waals surface area contributed by atoms with Gasteiger partial charge in [-0.1, -0.05) is 63.6 Å². The number of benzene rings is 2. The van der Waals surface area contributed by atoms with Crippen molar-refractivity contribution < 1.29 is 0 Å². The monoisotopic (exact) mass is 282 g/mol. The van der Waals surface area contributed by atoms with Gasteiger partial charge in [-0.05, 0) is 40.3 Å². The predicted molar refractivity (Wildman–Crippen MR) is 91.2 cm³/mol. The Balaban J connectivity index is 2.16. The van der Waals surface area contributed by atoms with Crippen LogP contribution in [0, 0.1) is 11.8 Å². The molecule has 3 rings (SSSR count). The molecule has 0 aromatic heterocycles. The highest BCUT2D eigenvalue weighted by molar-refractivity contribution is 8.00. The molecule has 0 aliphatic carbocycles. The fourth-order valence-corrected chi connectivity index (χ4v) is 4.41. The summed E-state index contributed by atoms with van der Waals surface area (Å²) in [4.78, 5) is 1.44. The Morgan fingerprint density at radius 3 is 2.20 bits per heavy atom. The number of hydrogen-bond acceptors (Lipinski definition) is 1. The average molecular weight is 282 g/mol. The van der Waals surface area contributed by atoms with Gasteiger partial charge in [-0.3, -0.25) is 0 Å². The molecule has 1 aliphatic heterocycles. The first-order chi connectivity index (χ1) is 9.56. The SMILES string of the molecule is CC(C)C1=Cc2cc3ccccc3cc2SC1C(C)C. The Hall–Kier alpha value is -1.21. The lowest BCUT2D eigenvalue weighted by molar-refractivity contribution is 0.603. The maximum Gasteiger partial charge on any atom is 0.0332 e. The standard InChI is InChI=1S/C19H22S/c1-12(2)17-10-16-9-14-7-5-6-8-15(14)11-18(16)20-19(17)13(3)4/h5-13,19H,1-4H3. The van der Waals surface area contributed by atoms with Crippen LogP contribution in [0.5, 0.6) is 0 Å². The summed E-state index contributed by atoms with van der Waals surface area (Å²) in [6.45, 7) is 9.29. The molecule has 2 aromatic carbocycles. The van der Waals surface area contributed by atoms with Crippen LogP contribution in [0.3, 0.4) is 0 Å². The van der Waals surface area contributed by atoms with Gasteiger partial charge in [0.05, 0.1) is 0 Å². The first-order valence-corrected chi connectivity index (χ1v) is 8.35. The minimum absolute atomic E-state index is 0.615. The molecule has 0 amide bonds. The van der Waals surface area contributed by atoms with Crippen molar-refractivity contribution in [1.29, 1.82) is 0 Å². The van der Waals surface area contributed by atoms with Crippen molar-refractivity contribution in [3.8, 4) is 0 Å². The summed E-state index contributed by atoms with van der Waals surface area (Å²) in [7, 11) is 0. The molecule has 1 unspecified atom stereocenters. The molecule has 20 heavy (non-hydrogen) atoms. The van der Waals surface area contributed by atoms with E-state index in [0.29, 0.717) is 17.1 Å². The number of fused-ring (bicyclic) bond motifs is 2. The summed E-state index contributed by atoms with van der Waals surface area (Å²) >= 11 is 2.05. The summed E-state index contributed by atoms with van der Waals surface area (Å²) in [5.74, 6) is 1.29. The summed E-state index contributed by atoms with van der Waals surface area (Å²) < 4.78 is 0. The third-order valence-electron chi connectivity index (χ3n) is 4.05. The Bertz CT molecular complexity index is 665. The number of thioether (sulfide) groups is 1. The maximum atomic E-state index is 2.44. The van der Waals surface area contributed by atoms with E-state index in [9.17, 15) is 0 Å². The molecule has 0 saturated heterocycles. The Labute approximate surface area is 126 Å². The fourth-order valence-electron chi connectivity index (χ4n) is 2.93. The predicted octanol–water partition coefficient (Wildman–Crippen LogP) is 6.01. The van der Waals surface area contributed by atoms with E-state index in [0.717, 1.165) is 0 Å². The van der Waals surface area contributed by atoms with Crippen molar-refractivity contribution in [3.63, 3.8) is 0 Å². The van der Waals surface area contributed by atoms with E-state index in [2.05, 4.69) is 70.2 Å². The Morgan fingerprint density at radius 2 is 1.60 bits per heavy atom. The molecule has 0 radical (unpaired) electrons. The largest absolute Gasteiger partial charge is 0.117 e. The van der Waals surface area contributed by atoms with Gasteiger partial charge >= 0.3 is 0 Å². The van der Waals surface area contributed by atoms with E-state index in [-0.39, 0.29) is 0 Å². The van der Waals surface area contributed by atoms with Gasteiger partial charge in [0.1, 0.15) is 0 Å². The maximum absolute atomic E-state index is 2.44. The zero-order chi connectivity index (χ0) is 14.3. The normalized spacial score (nSPS) is 18.5. The second-order valence-corrected chi connectivity index (χ2v) is 7.50. The van der Waals surface area contributed by atoms with Crippen molar-refractivity contribution in [2.24, 2.45) is 11.8 Å². The molecule has 1 atom stereocenters. The molecule has 2 aromatic rings. The molecule has 1 heteroatoms. The molecular weight excluding hydrogens is 260 g/mol. The van der Waals surface area contributed by atoms with Crippen molar-refractivity contribution in [2.75, 3.05) is 0 Å². The molecule has 0 spiro atoms. The molecule has 1 heterocycles. The van der Waals surface area contributed by atoms with Crippen LogP contribution >= 0.6 is 11.8 Å². The van der Waals surface area contributed by atoms with Crippen molar-refractivity contribution in [3.05, 3.63) is 47.5 Å². The van der Waals surface area contributed by atoms with Gasteiger partial charge < -0.3 is 0 Å². The minimum atomic E-state index is 0.615. The van der Waals surface area contributed by atoms with Gasteiger partial charge in [0.15, 0.2) is 0 Å². The first-order valence-electron chi connectivity index (χ1n) is 7.47. The van der Waals surface area contributed by atoms with Crippen molar-refractivity contribution >= 4 is 28.6 Å². The van der Waals surface area contributed by atoms with Crippen LogP contribution in [0.15, 0.2) is 46.9 Å². The van der Waals surface area contributed by atoms with Crippen LogP contribution in [0.4, 0.5) is 0 Å². The number of rotatable bonds is 2. The number of hydrogen-bond donors (Lipinski definition) is 0. The zero-order valence-corrected chi connectivity index (χ0v) is 13.5. The van der Waals surface area contributed by atoms with Gasteiger partial charge in [-0.25, -0.2) is 0 Å². The zero-order valence-electron chi connectivity index (χ0n) is 12.7. The molecule has 0 N–H and O–H groups in total. The van der Waals surface area contributed by atoms with Crippen LogP contribution in [-0.4, -0.2) is 5.25 Å². The van der Waals surface area contributed by atoms with E-state index in [1.165, 1.54) is 21.2 Å². The van der Waals surface area contributed by atoms with Crippen LogP contribution in [0.2, 0.25) is 0 Å².